The molecule has 0 heterocycles. The number of ether oxygens (including phenoxy) is 1. The summed E-state index contributed by atoms with van der Waals surface area (Å²) in [6.45, 7) is 3.01. The van der Waals surface area contributed by atoms with Crippen LogP contribution in [0.1, 0.15) is 30.5 Å². The van der Waals surface area contributed by atoms with Crippen LogP contribution in [0.15, 0.2) is 53.6 Å². The third kappa shape index (κ3) is 5.78. The Morgan fingerprint density at radius 2 is 2.08 bits per heavy atom. The molecule has 1 N–H and O–H groups in total. The second-order valence-electron chi connectivity index (χ2n) is 5.45. The van der Waals surface area contributed by atoms with E-state index >= 15 is 0 Å². The summed E-state index contributed by atoms with van der Waals surface area (Å²) in [5.74, 6) is 0.699. The molecule has 2 aromatic rings. The molecule has 0 spiro atoms. The molecular formula is C18H21ClN4O. The van der Waals surface area contributed by atoms with Crippen molar-refractivity contribution < 1.29 is 4.74 Å². The van der Waals surface area contributed by atoms with E-state index < -0.39 is 0 Å². The van der Waals surface area contributed by atoms with Gasteiger partial charge in [-0.1, -0.05) is 47.0 Å². The lowest BCUT2D eigenvalue weighted by atomic mass is 10.1. The maximum atomic E-state index is 8.27. The van der Waals surface area contributed by atoms with Crippen molar-refractivity contribution in [2.75, 3.05) is 13.3 Å². The Morgan fingerprint density at radius 3 is 2.88 bits per heavy atom. The Balaban J connectivity index is 1.79. The molecule has 5 nitrogen and oxygen atoms in total. The number of rotatable bonds is 9. The molecule has 0 aliphatic heterocycles. The van der Waals surface area contributed by atoms with Gasteiger partial charge in [0, 0.05) is 16.0 Å². The van der Waals surface area contributed by atoms with Crippen LogP contribution in [0, 0.1) is 0 Å². The highest BCUT2D eigenvalue weighted by molar-refractivity contribution is 6.31. The lowest BCUT2D eigenvalue weighted by Crippen LogP contribution is -2.20. The molecule has 126 valence electrons. The molecule has 24 heavy (non-hydrogen) atoms. The highest BCUT2D eigenvalue weighted by atomic mass is 35.5. The van der Waals surface area contributed by atoms with Crippen molar-refractivity contribution in [1.29, 1.82) is 0 Å². The van der Waals surface area contributed by atoms with Gasteiger partial charge in [0.15, 0.2) is 6.73 Å². The Labute approximate surface area is 147 Å². The summed E-state index contributed by atoms with van der Waals surface area (Å²) >= 11 is 6.17. The number of benzene rings is 2. The molecule has 0 saturated heterocycles. The van der Waals surface area contributed by atoms with Crippen LogP contribution in [-0.2, 0) is 6.42 Å². The molecule has 0 radical (unpaired) electrons. The molecule has 0 aliphatic carbocycles. The molecule has 0 amide bonds. The largest absolute Gasteiger partial charge is 0.488 e. The number of nitrogens with one attached hydrogen (secondary N) is 1. The summed E-state index contributed by atoms with van der Waals surface area (Å²) in [4.78, 5) is 2.67. The van der Waals surface area contributed by atoms with Crippen molar-refractivity contribution >= 4 is 11.6 Å². The Bertz CT molecular complexity index is 701. The highest BCUT2D eigenvalue weighted by Crippen LogP contribution is 2.20. The van der Waals surface area contributed by atoms with Gasteiger partial charge in [-0.05, 0) is 61.2 Å². The van der Waals surface area contributed by atoms with Crippen LogP contribution in [0.25, 0.3) is 10.4 Å². The minimum Gasteiger partial charge on any atom is -0.488 e. The fraction of sp³-hybridized carbons (Fsp3) is 0.333. The molecule has 0 unspecified atom stereocenters. The van der Waals surface area contributed by atoms with Crippen molar-refractivity contribution in [3.63, 3.8) is 0 Å². The molecule has 2 rings (SSSR count). The summed E-state index contributed by atoms with van der Waals surface area (Å²) in [5, 5.41) is 7.70. The quantitative estimate of drug-likeness (QED) is 0.291. The maximum Gasteiger partial charge on any atom is 0.167 e. The standard InChI is InChI=1S/C18H21ClN4O/c1-14(16-7-4-9-17(12-16)24-13-22-23-20)21-11-5-8-15-6-2-3-10-18(15)19/h2-4,6-7,9-10,12,14,21H,5,8,11,13H2,1H3/t14-/m0/s1. The normalized spacial score (nSPS) is 11.6. The number of hydrogen-bond donors (Lipinski definition) is 1. The first-order chi connectivity index (χ1) is 11.7. The fourth-order valence-electron chi connectivity index (χ4n) is 2.42. The molecule has 2 aromatic carbocycles. The van der Waals surface area contributed by atoms with Gasteiger partial charge in [-0.3, -0.25) is 0 Å². The first kappa shape index (κ1) is 18.1. The second kappa shape index (κ2) is 9.83. The Kier molecular flexibility index (Phi) is 7.43. The third-order valence-electron chi connectivity index (χ3n) is 3.74. The monoisotopic (exact) mass is 344 g/mol. The van der Waals surface area contributed by atoms with E-state index in [1.807, 2.05) is 42.5 Å². The number of hydrogen-bond acceptors (Lipinski definition) is 3. The maximum absolute atomic E-state index is 8.27. The number of aryl methyl sites for hydroxylation is 1. The Hall–Kier alpha value is -2.20. The van der Waals surface area contributed by atoms with Crippen molar-refractivity contribution in [2.24, 2.45) is 5.11 Å². The Morgan fingerprint density at radius 1 is 1.25 bits per heavy atom. The lowest BCUT2D eigenvalue weighted by Gasteiger charge is -2.15. The lowest BCUT2D eigenvalue weighted by molar-refractivity contribution is 0.328. The zero-order valence-corrected chi connectivity index (χ0v) is 14.4. The molecule has 0 aromatic heterocycles. The molecule has 6 heteroatoms. The van der Waals surface area contributed by atoms with Gasteiger partial charge in [0.1, 0.15) is 5.75 Å². The predicted molar refractivity (Wildman–Crippen MR) is 97.3 cm³/mol. The van der Waals surface area contributed by atoms with Crippen molar-refractivity contribution in [3.05, 3.63) is 75.1 Å². The summed E-state index contributed by atoms with van der Waals surface area (Å²) in [6.07, 6.45) is 1.97. The van der Waals surface area contributed by atoms with Gasteiger partial charge in [-0.15, -0.1) is 0 Å². The molecule has 0 saturated carbocycles. The van der Waals surface area contributed by atoms with Crippen LogP contribution in [0.5, 0.6) is 5.75 Å². The van der Waals surface area contributed by atoms with Crippen molar-refractivity contribution in [3.8, 4) is 5.75 Å². The fourth-order valence-corrected chi connectivity index (χ4v) is 2.65. The minimum absolute atomic E-state index is 0.000399. The molecule has 0 bridgehead atoms. The van der Waals surface area contributed by atoms with Crippen LogP contribution in [-0.4, -0.2) is 13.3 Å². The first-order valence-corrected chi connectivity index (χ1v) is 8.29. The van der Waals surface area contributed by atoms with Crippen LogP contribution in [0.4, 0.5) is 0 Å². The summed E-state index contributed by atoms with van der Waals surface area (Å²) < 4.78 is 5.37. The SMILES string of the molecule is C[C@H](NCCCc1ccccc1Cl)c1cccc(OCN=[N+]=[N-])c1. The molecular weight excluding hydrogens is 324 g/mol. The van der Waals surface area contributed by atoms with E-state index in [1.165, 1.54) is 5.56 Å². The van der Waals surface area contributed by atoms with Crippen molar-refractivity contribution in [2.45, 2.75) is 25.8 Å². The zero-order chi connectivity index (χ0) is 17.2. The van der Waals surface area contributed by atoms with Gasteiger partial charge in [0.2, 0.25) is 0 Å². The zero-order valence-electron chi connectivity index (χ0n) is 13.7. The third-order valence-corrected chi connectivity index (χ3v) is 4.11. The smallest absolute Gasteiger partial charge is 0.167 e. The van der Waals surface area contributed by atoms with Gasteiger partial charge in [0.25, 0.3) is 0 Å². The van der Waals surface area contributed by atoms with E-state index in [-0.39, 0.29) is 12.8 Å². The van der Waals surface area contributed by atoms with Gasteiger partial charge in [-0.25, -0.2) is 0 Å². The summed E-state index contributed by atoms with van der Waals surface area (Å²) in [6, 6.07) is 15.9. The molecule has 1 atom stereocenters. The van der Waals surface area contributed by atoms with Gasteiger partial charge in [-0.2, -0.15) is 0 Å². The minimum atomic E-state index is -0.000399. The number of azide groups is 1. The average Bonchev–Trinajstić information content (AvgIpc) is 2.60. The molecule has 0 fully saturated rings. The highest BCUT2D eigenvalue weighted by Gasteiger charge is 2.06. The average molecular weight is 345 g/mol. The summed E-state index contributed by atoms with van der Waals surface area (Å²) in [5.41, 5.74) is 10.6. The number of nitrogens with zero attached hydrogens (tertiary/aromatic N) is 3. The second-order valence-corrected chi connectivity index (χ2v) is 5.85. The topological polar surface area (TPSA) is 70.0 Å². The van der Waals surface area contributed by atoms with Gasteiger partial charge in [0.05, 0.1) is 0 Å². The first-order valence-electron chi connectivity index (χ1n) is 7.91. The van der Waals surface area contributed by atoms with E-state index in [2.05, 4.69) is 28.3 Å². The van der Waals surface area contributed by atoms with E-state index in [0.717, 1.165) is 30.0 Å². The molecule has 0 aliphatic rings. The van der Waals surface area contributed by atoms with Crippen LogP contribution in [0.3, 0.4) is 0 Å². The van der Waals surface area contributed by atoms with Gasteiger partial charge < -0.3 is 10.1 Å². The van der Waals surface area contributed by atoms with E-state index in [9.17, 15) is 0 Å². The van der Waals surface area contributed by atoms with E-state index in [1.54, 1.807) is 0 Å². The number of halogens is 1. The van der Waals surface area contributed by atoms with Gasteiger partial charge >= 0.3 is 0 Å². The predicted octanol–water partition coefficient (Wildman–Crippen LogP) is 5.27. The van der Waals surface area contributed by atoms with Crippen LogP contribution >= 0.6 is 11.6 Å². The van der Waals surface area contributed by atoms with E-state index in [4.69, 9.17) is 21.9 Å². The van der Waals surface area contributed by atoms with Crippen LogP contribution in [0.2, 0.25) is 5.02 Å². The van der Waals surface area contributed by atoms with Crippen LogP contribution < -0.4 is 10.1 Å². The van der Waals surface area contributed by atoms with Crippen molar-refractivity contribution in [1.82, 2.24) is 5.32 Å². The van der Waals surface area contributed by atoms with E-state index in [0.29, 0.717) is 5.75 Å². The summed E-state index contributed by atoms with van der Waals surface area (Å²) in [7, 11) is 0.